The third kappa shape index (κ3) is 5.77. The van der Waals surface area contributed by atoms with E-state index in [0.717, 1.165) is 39.8 Å². The fourth-order valence-corrected chi connectivity index (χ4v) is 11.8. The van der Waals surface area contributed by atoms with E-state index in [1.165, 1.54) is 65.0 Å². The van der Waals surface area contributed by atoms with Crippen molar-refractivity contribution in [2.75, 3.05) is 9.80 Å². The molecule has 3 nitrogen and oxygen atoms in total. The Kier molecular flexibility index (Phi) is 8.68. The van der Waals surface area contributed by atoms with Crippen molar-refractivity contribution < 1.29 is 0 Å². The summed E-state index contributed by atoms with van der Waals surface area (Å²) in [5, 5.41) is 3.61. The fraction of sp³-hybridized carbons (Fsp3) is 0.0164. The van der Waals surface area contributed by atoms with Crippen molar-refractivity contribution >= 4 is 67.7 Å². The molecule has 0 unspecified atom stereocenters. The number of hydrogen-bond donors (Lipinski definition) is 0. The molecule has 1 aromatic heterocycles. The molecule has 0 spiro atoms. The molecular formula is C61H41N3S. The van der Waals surface area contributed by atoms with Crippen LogP contribution in [0, 0.1) is 0 Å². The minimum Gasteiger partial charge on any atom is -0.310 e. The highest BCUT2D eigenvalue weighted by molar-refractivity contribution is 8.00. The minimum atomic E-state index is -0.527. The molecule has 1 aliphatic heterocycles. The number of hydrogen-bond acceptors (Lipinski definition) is 3. The summed E-state index contributed by atoms with van der Waals surface area (Å²) < 4.78 is 2.45. The minimum absolute atomic E-state index is 0.527. The van der Waals surface area contributed by atoms with E-state index in [1.807, 2.05) is 11.8 Å². The van der Waals surface area contributed by atoms with Crippen LogP contribution in [-0.2, 0) is 5.41 Å². The summed E-state index contributed by atoms with van der Waals surface area (Å²) in [7, 11) is 0. The van der Waals surface area contributed by atoms with E-state index in [4.69, 9.17) is 0 Å². The number of benzene rings is 10. The van der Waals surface area contributed by atoms with Crippen molar-refractivity contribution in [2.24, 2.45) is 0 Å². The average Bonchev–Trinajstić information content (AvgIpc) is 3.86. The number of anilines is 6. The van der Waals surface area contributed by atoms with Crippen molar-refractivity contribution in [1.29, 1.82) is 0 Å². The lowest BCUT2D eigenvalue weighted by Crippen LogP contribution is -2.28. The molecule has 4 heteroatoms. The highest BCUT2D eigenvalue weighted by Gasteiger charge is 2.46. The quantitative estimate of drug-likeness (QED) is 0.158. The van der Waals surface area contributed by atoms with Gasteiger partial charge in [-0.05, 0) is 123 Å². The zero-order chi connectivity index (χ0) is 42.9. The molecule has 0 fully saturated rings. The zero-order valence-electron chi connectivity index (χ0n) is 35.4. The Morgan fingerprint density at radius 2 is 0.954 bits per heavy atom. The normalized spacial score (nSPS) is 13.3. The summed E-state index contributed by atoms with van der Waals surface area (Å²) in [6.45, 7) is 0. The highest BCUT2D eigenvalue weighted by atomic mass is 32.2. The van der Waals surface area contributed by atoms with E-state index < -0.39 is 5.41 Å². The molecule has 0 atom stereocenters. The summed E-state index contributed by atoms with van der Waals surface area (Å²) in [4.78, 5) is 7.37. The summed E-state index contributed by atoms with van der Waals surface area (Å²) in [6.07, 6.45) is 0. The van der Waals surface area contributed by atoms with Crippen LogP contribution in [0.4, 0.5) is 34.3 Å². The Labute approximate surface area is 383 Å². The molecule has 306 valence electrons. The molecule has 2 heterocycles. The largest absolute Gasteiger partial charge is 0.310 e. The molecular weight excluding hydrogens is 807 g/mol. The second-order valence-corrected chi connectivity index (χ2v) is 17.9. The van der Waals surface area contributed by atoms with Gasteiger partial charge in [0.2, 0.25) is 0 Å². The number of para-hydroxylation sites is 3. The van der Waals surface area contributed by atoms with Gasteiger partial charge in [-0.25, -0.2) is 0 Å². The lowest BCUT2D eigenvalue weighted by Gasteiger charge is -2.35. The first kappa shape index (κ1) is 37.5. The molecule has 0 amide bonds. The summed E-state index contributed by atoms with van der Waals surface area (Å²) in [5.74, 6) is 1.14. The van der Waals surface area contributed by atoms with Crippen molar-refractivity contribution in [2.45, 2.75) is 15.2 Å². The molecule has 10 aromatic carbocycles. The Balaban J connectivity index is 1.09. The van der Waals surface area contributed by atoms with Gasteiger partial charge in [0.1, 0.15) is 5.82 Å². The Hall–Kier alpha value is -8.05. The number of aromatic nitrogens is 1. The Bertz CT molecular complexity index is 3540. The summed E-state index contributed by atoms with van der Waals surface area (Å²) >= 11 is 1.86. The van der Waals surface area contributed by atoms with Gasteiger partial charge in [0, 0.05) is 38.7 Å². The topological polar surface area (TPSA) is 11.4 Å². The van der Waals surface area contributed by atoms with E-state index in [2.05, 4.69) is 263 Å². The van der Waals surface area contributed by atoms with Gasteiger partial charge in [-0.2, -0.15) is 0 Å². The molecule has 65 heavy (non-hydrogen) atoms. The van der Waals surface area contributed by atoms with Crippen LogP contribution in [0.25, 0.3) is 38.5 Å². The van der Waals surface area contributed by atoms with Crippen LogP contribution < -0.4 is 9.80 Å². The van der Waals surface area contributed by atoms with Gasteiger partial charge in [0.15, 0.2) is 0 Å². The van der Waals surface area contributed by atoms with Crippen molar-refractivity contribution in [3.8, 4) is 16.8 Å². The third-order valence-corrected chi connectivity index (χ3v) is 14.6. The lowest BCUT2D eigenvalue weighted by molar-refractivity contribution is 0.768. The monoisotopic (exact) mass is 847 g/mol. The lowest BCUT2D eigenvalue weighted by atomic mass is 9.67. The fourth-order valence-electron chi connectivity index (χ4n) is 10.6. The molecule has 0 saturated heterocycles. The van der Waals surface area contributed by atoms with E-state index >= 15 is 0 Å². The number of fused-ring (bicyclic) bond motifs is 8. The Morgan fingerprint density at radius 1 is 0.400 bits per heavy atom. The van der Waals surface area contributed by atoms with Gasteiger partial charge in [-0.1, -0.05) is 182 Å². The van der Waals surface area contributed by atoms with E-state index in [1.54, 1.807) is 0 Å². The van der Waals surface area contributed by atoms with Crippen LogP contribution in [0.3, 0.4) is 0 Å². The molecule has 11 aromatic rings. The second kappa shape index (κ2) is 15.0. The first-order chi connectivity index (χ1) is 32.3. The van der Waals surface area contributed by atoms with Crippen LogP contribution in [-0.4, -0.2) is 4.57 Å². The zero-order valence-corrected chi connectivity index (χ0v) is 36.2. The molecule has 0 bridgehead atoms. The summed E-state index contributed by atoms with van der Waals surface area (Å²) in [5.41, 5.74) is 15.0. The SMILES string of the molecule is c1ccc(N2c3ccccc3Sc3c2n(-c2ccccc2)c2ccc(N(c4ccc5c(c4)C(c4ccccc4)(c4ccccc4)c4ccccc4-5)c4ccc5ccccc5c4)cc32)cc1. The predicted octanol–water partition coefficient (Wildman–Crippen LogP) is 16.6. The maximum absolute atomic E-state index is 2.47. The van der Waals surface area contributed by atoms with Crippen LogP contribution in [0.5, 0.6) is 0 Å². The molecule has 13 rings (SSSR count). The van der Waals surface area contributed by atoms with Crippen LogP contribution in [0.1, 0.15) is 22.3 Å². The maximum Gasteiger partial charge on any atom is 0.137 e. The standard InChI is InChI=1S/C61H41N3S/c1-5-21-44(22-6-1)61(45-23-7-2-8-24-45)54-30-16-15-29-51(54)52-37-35-50(41-55(52)61)62(48-34-33-42-19-13-14-20-43(42)39-48)49-36-38-56-53(40-49)59-60(63(56)46-25-9-3-10-26-46)64(47-27-11-4-12-28-47)57-31-17-18-32-58(57)65-59/h1-41H. The third-order valence-electron chi connectivity index (χ3n) is 13.4. The van der Waals surface area contributed by atoms with E-state index in [9.17, 15) is 0 Å². The number of nitrogens with zero attached hydrogens (tertiary/aromatic N) is 3. The van der Waals surface area contributed by atoms with Gasteiger partial charge >= 0.3 is 0 Å². The molecule has 0 saturated carbocycles. The van der Waals surface area contributed by atoms with Crippen molar-refractivity contribution in [1.82, 2.24) is 4.57 Å². The van der Waals surface area contributed by atoms with Crippen LogP contribution in [0.15, 0.2) is 259 Å². The van der Waals surface area contributed by atoms with E-state index in [-0.39, 0.29) is 0 Å². The van der Waals surface area contributed by atoms with Gasteiger partial charge in [0.25, 0.3) is 0 Å². The van der Waals surface area contributed by atoms with Crippen LogP contribution >= 0.6 is 11.8 Å². The first-order valence-corrected chi connectivity index (χ1v) is 23.1. The van der Waals surface area contributed by atoms with Crippen molar-refractivity contribution in [3.63, 3.8) is 0 Å². The van der Waals surface area contributed by atoms with Crippen LogP contribution in [0.2, 0.25) is 0 Å². The van der Waals surface area contributed by atoms with Crippen molar-refractivity contribution in [3.05, 3.63) is 271 Å². The number of rotatable bonds is 7. The average molecular weight is 848 g/mol. The second-order valence-electron chi connectivity index (χ2n) is 16.9. The van der Waals surface area contributed by atoms with Gasteiger partial charge in [-0.15, -0.1) is 0 Å². The molecule has 2 aliphatic rings. The Morgan fingerprint density at radius 3 is 1.71 bits per heavy atom. The van der Waals surface area contributed by atoms with Gasteiger partial charge in [-0.3, -0.25) is 9.47 Å². The van der Waals surface area contributed by atoms with Gasteiger partial charge < -0.3 is 4.90 Å². The predicted molar refractivity (Wildman–Crippen MR) is 272 cm³/mol. The molecule has 1 aliphatic carbocycles. The van der Waals surface area contributed by atoms with E-state index in [0.29, 0.717) is 0 Å². The maximum atomic E-state index is 2.47. The molecule has 0 N–H and O–H groups in total. The first-order valence-electron chi connectivity index (χ1n) is 22.3. The molecule has 0 radical (unpaired) electrons. The summed E-state index contributed by atoms with van der Waals surface area (Å²) in [6, 6.07) is 91.4. The smallest absolute Gasteiger partial charge is 0.137 e. The van der Waals surface area contributed by atoms with Gasteiger partial charge in [0.05, 0.1) is 21.5 Å². The highest BCUT2D eigenvalue weighted by Crippen LogP contribution is 2.59.